The maximum absolute atomic E-state index is 6.34. The third kappa shape index (κ3) is 2.97. The number of aryl methyl sites for hydroxylation is 2. The van der Waals surface area contributed by atoms with Crippen LogP contribution in [0.15, 0.2) is 108 Å². The molecule has 0 aliphatic heterocycles. The van der Waals surface area contributed by atoms with Crippen LogP contribution in [0, 0.1) is 13.8 Å². The number of nitrogens with zero attached hydrogens (tertiary/aromatic N) is 3. The number of hydrogen-bond acceptors (Lipinski definition) is 3. The molecular weight excluding hydrogens is 466 g/mol. The highest BCUT2D eigenvalue weighted by Gasteiger charge is 2.21. The van der Waals surface area contributed by atoms with Gasteiger partial charge in [-0.1, -0.05) is 71.8 Å². The predicted molar refractivity (Wildman–Crippen MR) is 156 cm³/mol. The van der Waals surface area contributed by atoms with E-state index in [1.165, 1.54) is 21.9 Å². The summed E-state index contributed by atoms with van der Waals surface area (Å²) < 4.78 is 8.56. The van der Waals surface area contributed by atoms with Crippen LogP contribution in [0.25, 0.3) is 71.9 Å². The lowest BCUT2D eigenvalue weighted by Crippen LogP contribution is -2.03. The molecule has 5 aromatic carbocycles. The number of rotatable bonds is 2. The summed E-state index contributed by atoms with van der Waals surface area (Å²) in [7, 11) is 0. The van der Waals surface area contributed by atoms with Crippen LogP contribution in [0.5, 0.6) is 0 Å². The second-order valence-electron chi connectivity index (χ2n) is 10.0. The molecule has 0 atom stereocenters. The largest absolute Gasteiger partial charge is 0.456 e. The van der Waals surface area contributed by atoms with Gasteiger partial charge >= 0.3 is 0 Å². The highest BCUT2D eigenvalue weighted by Crippen LogP contribution is 2.41. The van der Waals surface area contributed by atoms with E-state index in [0.29, 0.717) is 5.95 Å². The molecule has 8 aromatic rings. The molecule has 0 aliphatic carbocycles. The molecule has 0 radical (unpaired) electrons. The third-order valence-electron chi connectivity index (χ3n) is 7.51. The van der Waals surface area contributed by atoms with Crippen molar-refractivity contribution >= 4 is 54.6 Å². The Morgan fingerprint density at radius 1 is 0.605 bits per heavy atom. The van der Waals surface area contributed by atoms with E-state index in [0.717, 1.165) is 55.1 Å². The summed E-state index contributed by atoms with van der Waals surface area (Å²) in [5.41, 5.74) is 9.22. The molecular formula is C34H23N3O. The van der Waals surface area contributed by atoms with Crippen molar-refractivity contribution in [1.82, 2.24) is 14.5 Å². The zero-order valence-corrected chi connectivity index (χ0v) is 21.1. The van der Waals surface area contributed by atoms with Crippen molar-refractivity contribution in [2.45, 2.75) is 13.8 Å². The van der Waals surface area contributed by atoms with Gasteiger partial charge in [-0.15, -0.1) is 0 Å². The Morgan fingerprint density at radius 3 is 2.21 bits per heavy atom. The van der Waals surface area contributed by atoms with Crippen LogP contribution < -0.4 is 0 Å². The fourth-order valence-electron chi connectivity index (χ4n) is 5.78. The second kappa shape index (κ2) is 7.77. The summed E-state index contributed by atoms with van der Waals surface area (Å²) >= 11 is 0. The van der Waals surface area contributed by atoms with Gasteiger partial charge in [-0.25, -0.2) is 9.97 Å². The van der Waals surface area contributed by atoms with E-state index in [9.17, 15) is 0 Å². The summed E-state index contributed by atoms with van der Waals surface area (Å²) in [6, 6.07) is 35.8. The first-order valence-corrected chi connectivity index (χ1v) is 12.8. The number of aromatic nitrogens is 3. The zero-order chi connectivity index (χ0) is 25.4. The van der Waals surface area contributed by atoms with Crippen LogP contribution in [0.2, 0.25) is 0 Å². The van der Waals surface area contributed by atoms with Gasteiger partial charge in [-0.3, -0.25) is 4.57 Å². The third-order valence-corrected chi connectivity index (χ3v) is 7.51. The van der Waals surface area contributed by atoms with Crippen LogP contribution in [0.1, 0.15) is 11.1 Å². The summed E-state index contributed by atoms with van der Waals surface area (Å²) in [6.45, 7) is 4.26. The van der Waals surface area contributed by atoms with Gasteiger partial charge in [0, 0.05) is 27.1 Å². The van der Waals surface area contributed by atoms with Gasteiger partial charge in [0.25, 0.3) is 0 Å². The van der Waals surface area contributed by atoms with Gasteiger partial charge in [0.2, 0.25) is 5.95 Å². The van der Waals surface area contributed by atoms with Crippen molar-refractivity contribution in [3.63, 3.8) is 0 Å². The number of para-hydroxylation sites is 1. The molecule has 180 valence electrons. The van der Waals surface area contributed by atoms with Crippen LogP contribution >= 0.6 is 0 Å². The quantitative estimate of drug-likeness (QED) is 0.243. The minimum atomic E-state index is 0.654. The monoisotopic (exact) mass is 489 g/mol. The molecule has 3 aromatic heterocycles. The number of benzene rings is 5. The summed E-state index contributed by atoms with van der Waals surface area (Å²) in [5.74, 6) is 0.654. The van der Waals surface area contributed by atoms with Gasteiger partial charge in [-0.2, -0.15) is 0 Å². The first-order valence-electron chi connectivity index (χ1n) is 12.8. The Kier molecular flexibility index (Phi) is 4.32. The SMILES string of the molecule is Cc1ccc2oc3ccc4c5cc(C)ccc5n(-c5nc(-c6ccccc6)c6ccccc6n5)c4c3c2c1. The molecule has 0 N–H and O–H groups in total. The molecule has 8 rings (SSSR count). The highest BCUT2D eigenvalue weighted by molar-refractivity contribution is 6.24. The van der Waals surface area contributed by atoms with Crippen molar-refractivity contribution in [3.8, 4) is 17.2 Å². The zero-order valence-electron chi connectivity index (χ0n) is 21.1. The average molecular weight is 490 g/mol. The van der Waals surface area contributed by atoms with E-state index in [1.807, 2.05) is 18.2 Å². The molecule has 0 bridgehead atoms. The number of fused-ring (bicyclic) bond motifs is 8. The Hall–Kier alpha value is -4.96. The van der Waals surface area contributed by atoms with Crippen molar-refractivity contribution in [2.24, 2.45) is 0 Å². The fraction of sp³-hybridized carbons (Fsp3) is 0.0588. The maximum atomic E-state index is 6.34. The molecule has 3 heterocycles. The minimum absolute atomic E-state index is 0.654. The molecule has 0 amide bonds. The molecule has 0 saturated carbocycles. The average Bonchev–Trinajstić information content (AvgIpc) is 3.47. The van der Waals surface area contributed by atoms with Gasteiger partial charge in [0.15, 0.2) is 0 Å². The Morgan fingerprint density at radius 2 is 1.34 bits per heavy atom. The van der Waals surface area contributed by atoms with Crippen molar-refractivity contribution in [3.05, 3.63) is 114 Å². The molecule has 0 unspecified atom stereocenters. The van der Waals surface area contributed by atoms with Gasteiger partial charge in [-0.05, 0) is 56.3 Å². The summed E-state index contributed by atoms with van der Waals surface area (Å²) in [4.78, 5) is 10.4. The first kappa shape index (κ1) is 21.2. The van der Waals surface area contributed by atoms with E-state index in [-0.39, 0.29) is 0 Å². The molecule has 0 saturated heterocycles. The summed E-state index contributed by atoms with van der Waals surface area (Å²) in [6.07, 6.45) is 0. The highest BCUT2D eigenvalue weighted by atomic mass is 16.3. The van der Waals surface area contributed by atoms with Gasteiger partial charge in [0.1, 0.15) is 11.2 Å². The smallest absolute Gasteiger partial charge is 0.235 e. The van der Waals surface area contributed by atoms with Crippen LogP contribution in [0.4, 0.5) is 0 Å². The van der Waals surface area contributed by atoms with E-state index in [2.05, 4.69) is 103 Å². The Bertz CT molecular complexity index is 2200. The van der Waals surface area contributed by atoms with Crippen LogP contribution in [-0.2, 0) is 0 Å². The van der Waals surface area contributed by atoms with Gasteiger partial charge < -0.3 is 4.42 Å². The first-order chi connectivity index (χ1) is 18.7. The maximum Gasteiger partial charge on any atom is 0.235 e. The molecule has 0 fully saturated rings. The fourth-order valence-corrected chi connectivity index (χ4v) is 5.78. The van der Waals surface area contributed by atoms with Crippen molar-refractivity contribution in [1.29, 1.82) is 0 Å². The predicted octanol–water partition coefficient (Wildman–Crippen LogP) is 8.91. The number of furan rings is 1. The topological polar surface area (TPSA) is 43.9 Å². The lowest BCUT2D eigenvalue weighted by atomic mass is 10.1. The lowest BCUT2D eigenvalue weighted by molar-refractivity contribution is 0.669. The van der Waals surface area contributed by atoms with Gasteiger partial charge in [0.05, 0.1) is 27.6 Å². The molecule has 4 heteroatoms. The van der Waals surface area contributed by atoms with Crippen molar-refractivity contribution < 1.29 is 4.42 Å². The molecule has 38 heavy (non-hydrogen) atoms. The Balaban J connectivity index is 1.59. The molecule has 4 nitrogen and oxygen atoms in total. The minimum Gasteiger partial charge on any atom is -0.456 e. The van der Waals surface area contributed by atoms with E-state index in [1.54, 1.807) is 0 Å². The Labute approximate surface area is 218 Å². The second-order valence-corrected chi connectivity index (χ2v) is 10.0. The van der Waals surface area contributed by atoms with Crippen molar-refractivity contribution in [2.75, 3.05) is 0 Å². The van der Waals surface area contributed by atoms with E-state index in [4.69, 9.17) is 14.4 Å². The molecule has 0 aliphatic rings. The van der Waals surface area contributed by atoms with E-state index >= 15 is 0 Å². The molecule has 0 spiro atoms. The standard InChI is InChI=1S/C34H23N3O/c1-20-12-15-28-25(18-20)23-14-17-30-31(26-19-21(2)13-16-29(26)38-30)33(23)37(28)34-35-27-11-7-6-10-24(27)32(36-34)22-8-4-3-5-9-22/h3-19H,1-2H3. The lowest BCUT2D eigenvalue weighted by Gasteiger charge is -2.12. The van der Waals surface area contributed by atoms with Crippen LogP contribution in [0.3, 0.4) is 0 Å². The normalized spacial score (nSPS) is 11.9. The summed E-state index contributed by atoms with van der Waals surface area (Å²) in [5, 5.41) is 5.58. The number of hydrogen-bond donors (Lipinski definition) is 0. The van der Waals surface area contributed by atoms with Crippen LogP contribution in [-0.4, -0.2) is 14.5 Å². The van der Waals surface area contributed by atoms with E-state index < -0.39 is 0 Å².